The summed E-state index contributed by atoms with van der Waals surface area (Å²) in [4.78, 5) is 12.1. The van der Waals surface area contributed by atoms with Gasteiger partial charge in [0.15, 0.2) is 0 Å². The summed E-state index contributed by atoms with van der Waals surface area (Å²) >= 11 is 0. The Bertz CT molecular complexity index is 656. The minimum atomic E-state index is -4.27. The molecule has 0 radical (unpaired) electrons. The molecule has 8 nitrogen and oxygen atoms in total. The third-order valence-electron chi connectivity index (χ3n) is 6.33. The van der Waals surface area contributed by atoms with E-state index in [9.17, 15) is 23.4 Å². The van der Waals surface area contributed by atoms with E-state index in [0.29, 0.717) is 26.1 Å². The van der Waals surface area contributed by atoms with Gasteiger partial charge in [0, 0.05) is 6.42 Å². The number of hydrogen-bond donors (Lipinski definition) is 4. The maximum Gasteiger partial charge on any atom is 0.267 e. The van der Waals surface area contributed by atoms with Gasteiger partial charge in [-0.3, -0.25) is 9.35 Å². The molecule has 0 aromatic carbocycles. The number of aliphatic hydroxyl groups is 2. The summed E-state index contributed by atoms with van der Waals surface area (Å²) in [6.07, 6.45) is 19.7. The second kappa shape index (κ2) is 21.1. The smallest absolute Gasteiger partial charge is 0.267 e. The van der Waals surface area contributed by atoms with Gasteiger partial charge >= 0.3 is 0 Å². The molecule has 2 atom stereocenters. The molecule has 208 valence electrons. The van der Waals surface area contributed by atoms with E-state index in [1.807, 2.05) is 0 Å². The summed E-state index contributed by atoms with van der Waals surface area (Å²) in [7, 11) is -2.49. The van der Waals surface area contributed by atoms with Crippen LogP contribution in [0.5, 0.6) is 0 Å². The summed E-state index contributed by atoms with van der Waals surface area (Å²) in [5.74, 6) is -0.759. The van der Waals surface area contributed by atoms with Crippen LogP contribution < -0.4 is 5.32 Å². The first-order valence-electron chi connectivity index (χ1n) is 13.6. The Labute approximate surface area is 214 Å². The van der Waals surface area contributed by atoms with Crippen LogP contribution in [0, 0.1) is 0 Å². The zero-order valence-electron chi connectivity index (χ0n) is 22.3. The van der Waals surface area contributed by atoms with Gasteiger partial charge in [-0.2, -0.15) is 8.42 Å². The maximum atomic E-state index is 12.1. The summed E-state index contributed by atoms with van der Waals surface area (Å²) in [5, 5.41) is 22.1. The summed E-state index contributed by atoms with van der Waals surface area (Å²) in [6.45, 7) is 3.31. The zero-order chi connectivity index (χ0) is 26.4. The molecule has 9 heteroatoms. The van der Waals surface area contributed by atoms with Gasteiger partial charge in [0.1, 0.15) is 24.9 Å². The van der Waals surface area contributed by atoms with E-state index >= 15 is 0 Å². The molecule has 0 aromatic heterocycles. The number of allylic oxidation sites excluding steroid dienone is 2. The summed E-state index contributed by atoms with van der Waals surface area (Å²) in [5.41, 5.74) is 0. The van der Waals surface area contributed by atoms with Gasteiger partial charge in [0.25, 0.3) is 10.1 Å². The first kappa shape index (κ1) is 34.0. The van der Waals surface area contributed by atoms with Crippen molar-refractivity contribution in [2.75, 3.05) is 45.6 Å². The molecule has 2 unspecified atom stereocenters. The number of rotatable bonds is 24. The molecule has 0 fully saturated rings. The van der Waals surface area contributed by atoms with Crippen molar-refractivity contribution in [3.63, 3.8) is 0 Å². The number of hydrogen-bond acceptors (Lipinski definition) is 5. The molecular weight excluding hydrogens is 468 g/mol. The summed E-state index contributed by atoms with van der Waals surface area (Å²) < 4.78 is 31.0. The van der Waals surface area contributed by atoms with E-state index in [1.54, 1.807) is 7.05 Å². The number of carbonyl (C=O) groups is 1. The van der Waals surface area contributed by atoms with E-state index in [2.05, 4.69) is 24.4 Å². The molecule has 1 amide bonds. The molecular formula is C26H53N2O6S+. The number of unbranched alkanes of at least 4 members (excludes halogenated alkanes) is 11. The number of nitrogens with one attached hydrogen (secondary N) is 1. The van der Waals surface area contributed by atoms with E-state index in [-0.39, 0.29) is 23.5 Å². The Balaban J connectivity index is 3.80. The number of likely N-dealkylation sites (N-methyl/N-ethyl adjacent to an activating group) is 1. The van der Waals surface area contributed by atoms with E-state index < -0.39 is 22.0 Å². The minimum absolute atomic E-state index is 0.0170. The van der Waals surface area contributed by atoms with Crippen molar-refractivity contribution < 1.29 is 32.5 Å². The minimum Gasteiger partial charge on any atom is -0.391 e. The van der Waals surface area contributed by atoms with Gasteiger partial charge in [-0.05, 0) is 32.1 Å². The molecule has 0 aliphatic rings. The van der Waals surface area contributed by atoms with Crippen LogP contribution in [0.2, 0.25) is 0 Å². The average molecular weight is 522 g/mol. The lowest BCUT2D eigenvalue weighted by Crippen LogP contribution is -2.54. The standard InChI is InChI=1S/C26H52N2O6S/c1-3-4-5-6-7-8-9-10-11-12-13-14-15-16-17-18-26(31)27-19-20-28(2,21-22-29)23-25(30)24-35(32,33)34/h10-11,25,29-30H,3-9,12-24H2,1-2H3,(H-,27,31,32,33,34)/p+1/b11-10+. The Morgan fingerprint density at radius 1 is 0.914 bits per heavy atom. The molecule has 0 spiro atoms. The fraction of sp³-hybridized carbons (Fsp3) is 0.885. The van der Waals surface area contributed by atoms with Gasteiger partial charge in [0.05, 0.1) is 26.7 Å². The maximum absolute atomic E-state index is 12.1. The van der Waals surface area contributed by atoms with Crippen LogP contribution in [0.4, 0.5) is 0 Å². The highest BCUT2D eigenvalue weighted by atomic mass is 32.2. The Morgan fingerprint density at radius 3 is 2.00 bits per heavy atom. The van der Waals surface area contributed by atoms with E-state index in [1.165, 1.54) is 57.8 Å². The van der Waals surface area contributed by atoms with Crippen molar-refractivity contribution in [1.29, 1.82) is 0 Å². The largest absolute Gasteiger partial charge is 0.391 e. The predicted molar refractivity (Wildman–Crippen MR) is 143 cm³/mol. The van der Waals surface area contributed by atoms with Crippen LogP contribution >= 0.6 is 0 Å². The fourth-order valence-electron chi connectivity index (χ4n) is 4.25. The number of nitrogens with zero attached hydrogens (tertiary/aromatic N) is 1. The molecule has 0 bridgehead atoms. The fourth-order valence-corrected chi connectivity index (χ4v) is 4.84. The Morgan fingerprint density at radius 2 is 1.46 bits per heavy atom. The molecule has 4 N–H and O–H groups in total. The van der Waals surface area contributed by atoms with Crippen molar-refractivity contribution in [2.45, 2.75) is 103 Å². The first-order valence-corrected chi connectivity index (χ1v) is 15.2. The molecule has 0 rings (SSSR count). The third kappa shape index (κ3) is 23.2. The van der Waals surface area contributed by atoms with Crippen LogP contribution in [0.25, 0.3) is 0 Å². The monoisotopic (exact) mass is 521 g/mol. The molecule has 0 aromatic rings. The zero-order valence-corrected chi connectivity index (χ0v) is 23.1. The van der Waals surface area contributed by atoms with Gasteiger partial charge in [-0.25, -0.2) is 0 Å². The van der Waals surface area contributed by atoms with Crippen LogP contribution in [0.3, 0.4) is 0 Å². The van der Waals surface area contributed by atoms with Crippen LogP contribution in [0.1, 0.15) is 96.8 Å². The van der Waals surface area contributed by atoms with Crippen molar-refractivity contribution >= 4 is 16.0 Å². The number of aliphatic hydroxyl groups excluding tert-OH is 2. The first-order chi connectivity index (χ1) is 16.6. The normalized spacial score (nSPS) is 14.8. The topological polar surface area (TPSA) is 124 Å². The highest BCUT2D eigenvalue weighted by molar-refractivity contribution is 7.85. The third-order valence-corrected chi connectivity index (χ3v) is 7.14. The lowest BCUT2D eigenvalue weighted by molar-refractivity contribution is -0.911. The highest BCUT2D eigenvalue weighted by Crippen LogP contribution is 2.10. The highest BCUT2D eigenvalue weighted by Gasteiger charge is 2.27. The van der Waals surface area contributed by atoms with E-state index in [4.69, 9.17) is 4.55 Å². The molecule has 0 aliphatic heterocycles. The van der Waals surface area contributed by atoms with Crippen molar-refractivity contribution in [3.05, 3.63) is 12.2 Å². The number of carbonyl (C=O) groups excluding carboxylic acids is 1. The average Bonchev–Trinajstić information content (AvgIpc) is 2.75. The quantitative estimate of drug-likeness (QED) is 0.0662. The molecule has 0 aliphatic carbocycles. The SMILES string of the molecule is CCCCCCCC/C=C/CCCCCCCC(=O)NCC[N+](C)(CCO)CC(O)CS(=O)(=O)O. The molecule has 35 heavy (non-hydrogen) atoms. The van der Waals surface area contributed by atoms with Crippen LogP contribution in [-0.4, -0.2) is 85.3 Å². The van der Waals surface area contributed by atoms with Crippen LogP contribution in [-0.2, 0) is 14.9 Å². The lowest BCUT2D eigenvalue weighted by atomic mass is 10.1. The number of quaternary nitrogens is 1. The molecule has 0 heterocycles. The summed E-state index contributed by atoms with van der Waals surface area (Å²) in [6, 6.07) is 0. The second-order valence-electron chi connectivity index (χ2n) is 10.1. The van der Waals surface area contributed by atoms with Gasteiger partial charge in [-0.15, -0.1) is 0 Å². The van der Waals surface area contributed by atoms with Gasteiger partial charge in [0.2, 0.25) is 5.91 Å². The van der Waals surface area contributed by atoms with Gasteiger partial charge in [-0.1, -0.05) is 70.4 Å². The second-order valence-corrected chi connectivity index (χ2v) is 11.6. The lowest BCUT2D eigenvalue weighted by Gasteiger charge is -2.35. The van der Waals surface area contributed by atoms with Gasteiger partial charge < -0.3 is 20.0 Å². The Kier molecular flexibility index (Phi) is 20.5. The van der Waals surface area contributed by atoms with Crippen molar-refractivity contribution in [3.8, 4) is 0 Å². The Hall–Kier alpha value is -1.00. The van der Waals surface area contributed by atoms with Crippen LogP contribution in [0.15, 0.2) is 12.2 Å². The number of amides is 1. The van der Waals surface area contributed by atoms with Crippen molar-refractivity contribution in [2.24, 2.45) is 0 Å². The van der Waals surface area contributed by atoms with Crippen molar-refractivity contribution in [1.82, 2.24) is 5.32 Å². The predicted octanol–water partition coefficient (Wildman–Crippen LogP) is 3.83. The van der Waals surface area contributed by atoms with E-state index in [0.717, 1.165) is 25.7 Å². The molecule has 0 saturated heterocycles. The molecule has 0 saturated carbocycles.